The van der Waals surface area contributed by atoms with Crippen LogP contribution in [0.15, 0.2) is 91.0 Å². The van der Waals surface area contributed by atoms with Gasteiger partial charge in [0.2, 0.25) is 0 Å². The van der Waals surface area contributed by atoms with Crippen LogP contribution in [0.5, 0.6) is 0 Å². The third kappa shape index (κ3) is 5.89. The van der Waals surface area contributed by atoms with E-state index in [9.17, 15) is 17.3 Å². The Morgan fingerprint density at radius 2 is 0.667 bits per heavy atom. The Morgan fingerprint density at radius 1 is 0.458 bits per heavy atom. The smallest absolute Gasteiger partial charge is 0.418 e. The van der Waals surface area contributed by atoms with Gasteiger partial charge in [-0.1, -0.05) is 54.6 Å². The topological polar surface area (TPSA) is 4.44 Å². The highest BCUT2D eigenvalue weighted by Gasteiger charge is 2.20. The van der Waals surface area contributed by atoms with Crippen molar-refractivity contribution in [2.24, 2.45) is 0 Å². The second-order valence-corrected chi connectivity index (χ2v) is 4.97. The number of halogens is 4. The zero-order valence-electron chi connectivity index (χ0n) is 12.7. The first-order chi connectivity index (χ1) is 11.4. The van der Waals surface area contributed by atoms with Gasteiger partial charge in [-0.05, 0) is 36.4 Å². The van der Waals surface area contributed by atoms with Crippen LogP contribution in [0.25, 0.3) is 0 Å². The Bertz CT molecular complexity index is 618. The third-order valence-corrected chi connectivity index (χ3v) is 3.19. The van der Waals surface area contributed by atoms with E-state index < -0.39 is 7.25 Å². The van der Waals surface area contributed by atoms with Crippen LogP contribution in [0.2, 0.25) is 0 Å². The first kappa shape index (κ1) is 17.8. The lowest BCUT2D eigenvalue weighted by molar-refractivity contribution is -0.681. The van der Waals surface area contributed by atoms with E-state index in [1.807, 2.05) is 0 Å². The second-order valence-electron chi connectivity index (χ2n) is 4.97. The number of benzene rings is 3. The van der Waals surface area contributed by atoms with Crippen molar-refractivity contribution in [1.29, 1.82) is 0 Å². The SMILES string of the molecule is F[B-](F)(F)F.c1ccc([NH+](c2ccccc2)c2ccccc2)cc1. The maximum atomic E-state index is 9.75. The monoisotopic (exact) mass is 333 g/mol. The number of rotatable bonds is 3. The van der Waals surface area contributed by atoms with Crippen LogP contribution in [0.4, 0.5) is 34.3 Å². The van der Waals surface area contributed by atoms with E-state index >= 15 is 0 Å². The van der Waals surface area contributed by atoms with Crippen molar-refractivity contribution >= 4 is 24.3 Å². The highest BCUT2D eigenvalue weighted by atomic mass is 19.5. The zero-order chi connectivity index (χ0) is 17.4. The van der Waals surface area contributed by atoms with E-state index in [0.29, 0.717) is 0 Å². The zero-order valence-corrected chi connectivity index (χ0v) is 12.7. The van der Waals surface area contributed by atoms with Crippen molar-refractivity contribution < 1.29 is 22.2 Å². The Hall–Kier alpha value is -2.60. The summed E-state index contributed by atoms with van der Waals surface area (Å²) in [6.45, 7) is 0. The average molecular weight is 333 g/mol. The molecule has 0 saturated heterocycles. The number of quaternary nitrogens is 1. The predicted octanol–water partition coefficient (Wildman–Crippen LogP) is 5.17. The Kier molecular flexibility index (Phi) is 6.15. The normalized spacial score (nSPS) is 10.9. The van der Waals surface area contributed by atoms with Gasteiger partial charge in [0.1, 0.15) is 17.1 Å². The fourth-order valence-corrected chi connectivity index (χ4v) is 2.31. The summed E-state index contributed by atoms with van der Waals surface area (Å²) in [6.07, 6.45) is 0. The number of nitrogens with one attached hydrogen (secondary N) is 1. The summed E-state index contributed by atoms with van der Waals surface area (Å²) in [7, 11) is -6.00. The van der Waals surface area contributed by atoms with E-state index in [-0.39, 0.29) is 0 Å². The van der Waals surface area contributed by atoms with E-state index in [2.05, 4.69) is 91.0 Å². The van der Waals surface area contributed by atoms with Crippen LogP contribution in [-0.4, -0.2) is 7.25 Å². The molecule has 0 fully saturated rings. The van der Waals surface area contributed by atoms with Gasteiger partial charge in [0.15, 0.2) is 0 Å². The summed E-state index contributed by atoms with van der Waals surface area (Å²) in [4.78, 5) is 1.28. The molecule has 0 aliphatic carbocycles. The summed E-state index contributed by atoms with van der Waals surface area (Å²) >= 11 is 0. The van der Waals surface area contributed by atoms with Crippen LogP contribution in [0.3, 0.4) is 0 Å². The predicted molar refractivity (Wildman–Crippen MR) is 89.5 cm³/mol. The fourth-order valence-electron chi connectivity index (χ4n) is 2.31. The Balaban J connectivity index is 0.000000368. The van der Waals surface area contributed by atoms with Crippen molar-refractivity contribution in [2.45, 2.75) is 0 Å². The van der Waals surface area contributed by atoms with E-state index in [4.69, 9.17) is 0 Å². The molecule has 1 N–H and O–H groups in total. The molecular weight excluding hydrogens is 317 g/mol. The van der Waals surface area contributed by atoms with Crippen LogP contribution >= 0.6 is 0 Å². The van der Waals surface area contributed by atoms with Gasteiger partial charge in [0.05, 0.1) is 0 Å². The lowest BCUT2D eigenvalue weighted by atomic mass is 10.2. The molecule has 0 unspecified atom stereocenters. The minimum absolute atomic E-state index is 1.25. The molecule has 0 aliphatic heterocycles. The first-order valence-electron chi connectivity index (χ1n) is 7.35. The molecule has 124 valence electrons. The third-order valence-electron chi connectivity index (χ3n) is 3.19. The highest BCUT2D eigenvalue weighted by Crippen LogP contribution is 2.14. The maximum Gasteiger partial charge on any atom is 0.673 e. The Labute approximate surface area is 138 Å². The first-order valence-corrected chi connectivity index (χ1v) is 7.35. The van der Waals surface area contributed by atoms with Crippen LogP contribution in [-0.2, 0) is 0 Å². The molecule has 1 nitrogen and oxygen atoms in total. The van der Waals surface area contributed by atoms with Gasteiger partial charge >= 0.3 is 7.25 Å². The average Bonchev–Trinajstić information content (AvgIpc) is 2.57. The standard InChI is InChI=1S/C18H15N.BF4/c1-4-10-16(11-5-1)19(17-12-6-2-7-13-17)18-14-8-3-9-15-18;2-1(3,4)5/h1-15H;/q;-1/p+1. The molecule has 24 heavy (non-hydrogen) atoms. The lowest BCUT2D eigenvalue weighted by Gasteiger charge is -2.18. The largest absolute Gasteiger partial charge is 0.673 e. The molecule has 0 bridgehead atoms. The molecule has 0 aliphatic rings. The molecule has 0 aromatic heterocycles. The lowest BCUT2D eigenvalue weighted by Crippen LogP contribution is -2.96. The van der Waals surface area contributed by atoms with Gasteiger partial charge in [-0.25, -0.2) is 4.90 Å². The number of hydrogen-bond acceptors (Lipinski definition) is 0. The minimum atomic E-state index is -6.00. The van der Waals surface area contributed by atoms with Crippen LogP contribution < -0.4 is 4.90 Å². The second kappa shape index (κ2) is 8.31. The molecule has 6 heteroatoms. The van der Waals surface area contributed by atoms with Gasteiger partial charge in [-0.3, -0.25) is 0 Å². The summed E-state index contributed by atoms with van der Waals surface area (Å²) in [5, 5.41) is 0. The van der Waals surface area contributed by atoms with Crippen molar-refractivity contribution in [2.75, 3.05) is 0 Å². The van der Waals surface area contributed by atoms with Gasteiger partial charge in [0, 0.05) is 0 Å². The minimum Gasteiger partial charge on any atom is -0.418 e. The molecule has 3 rings (SSSR count). The fraction of sp³-hybridized carbons (Fsp3) is 0. The molecule has 0 atom stereocenters. The van der Waals surface area contributed by atoms with Gasteiger partial charge in [-0.2, -0.15) is 0 Å². The quantitative estimate of drug-likeness (QED) is 0.498. The van der Waals surface area contributed by atoms with Crippen molar-refractivity contribution in [1.82, 2.24) is 0 Å². The number of hydrogen-bond donors (Lipinski definition) is 1. The summed E-state index contributed by atoms with van der Waals surface area (Å²) in [5.41, 5.74) is 3.75. The summed E-state index contributed by atoms with van der Waals surface area (Å²) < 4.78 is 39.0. The Morgan fingerprint density at radius 3 is 0.875 bits per heavy atom. The van der Waals surface area contributed by atoms with E-state index in [1.54, 1.807) is 0 Å². The van der Waals surface area contributed by atoms with Crippen molar-refractivity contribution in [3.63, 3.8) is 0 Å². The van der Waals surface area contributed by atoms with Gasteiger partial charge < -0.3 is 17.3 Å². The van der Waals surface area contributed by atoms with Crippen molar-refractivity contribution in [3.05, 3.63) is 91.0 Å². The van der Waals surface area contributed by atoms with E-state index in [0.717, 1.165) is 0 Å². The van der Waals surface area contributed by atoms with E-state index in [1.165, 1.54) is 22.0 Å². The summed E-state index contributed by atoms with van der Waals surface area (Å²) in [5.74, 6) is 0. The van der Waals surface area contributed by atoms with Crippen LogP contribution in [0, 0.1) is 0 Å². The molecule has 0 radical (unpaired) electrons. The van der Waals surface area contributed by atoms with Gasteiger partial charge in [0.25, 0.3) is 0 Å². The molecule has 0 saturated carbocycles. The molecular formula is C18H16BF4N. The molecule has 3 aromatic carbocycles. The molecule has 0 amide bonds. The van der Waals surface area contributed by atoms with Crippen molar-refractivity contribution in [3.8, 4) is 0 Å². The highest BCUT2D eigenvalue weighted by molar-refractivity contribution is 6.50. The summed E-state index contributed by atoms with van der Waals surface area (Å²) in [6, 6.07) is 31.6. The maximum absolute atomic E-state index is 9.75. The molecule has 0 spiro atoms. The molecule has 3 aromatic rings. The molecule has 0 heterocycles. The number of para-hydroxylation sites is 3. The van der Waals surface area contributed by atoms with Gasteiger partial charge in [-0.15, -0.1) is 0 Å². The van der Waals surface area contributed by atoms with Crippen LogP contribution in [0.1, 0.15) is 0 Å².